The van der Waals surface area contributed by atoms with Gasteiger partial charge in [0.25, 0.3) is 0 Å². The Kier molecular flexibility index (Phi) is 5.81. The molecule has 10 nitrogen and oxygen atoms in total. The Morgan fingerprint density at radius 2 is 2.04 bits per heavy atom. The van der Waals surface area contributed by atoms with Gasteiger partial charge in [-0.15, -0.1) is 0 Å². The minimum Gasteiger partial charge on any atom is -0.477 e. The summed E-state index contributed by atoms with van der Waals surface area (Å²) in [6.45, 7) is 0.0900. The van der Waals surface area contributed by atoms with E-state index in [1.807, 2.05) is 0 Å². The predicted octanol–water partition coefficient (Wildman–Crippen LogP) is -1.48. The van der Waals surface area contributed by atoms with Crippen LogP contribution in [-0.2, 0) is 4.74 Å². The van der Waals surface area contributed by atoms with E-state index < -0.39 is 31.1 Å². The summed E-state index contributed by atoms with van der Waals surface area (Å²) < 4.78 is 11.2. The smallest absolute Gasteiger partial charge is 0.234 e. The molecule has 0 aliphatic carbocycles. The molecule has 0 amide bonds. The summed E-state index contributed by atoms with van der Waals surface area (Å²) in [5, 5.41) is 38.2. The average Bonchev–Trinajstić information content (AvgIpc) is 3.13. The molecule has 1 saturated heterocycles. The largest absolute Gasteiger partial charge is 0.477 e. The van der Waals surface area contributed by atoms with Crippen LogP contribution in [0.15, 0.2) is 4.90 Å². The van der Waals surface area contributed by atoms with Gasteiger partial charge in [-0.1, -0.05) is 11.8 Å². The number of anilines is 2. The Labute approximate surface area is 148 Å². The Bertz CT molecular complexity index is 609. The molecule has 0 bridgehead atoms. The minimum atomic E-state index is -1.19. The quantitative estimate of drug-likeness (QED) is 0.355. The first-order chi connectivity index (χ1) is 12.1. The van der Waals surface area contributed by atoms with Gasteiger partial charge in [-0.25, -0.2) is 0 Å². The Morgan fingerprint density at radius 3 is 2.72 bits per heavy atom. The molecule has 0 aromatic carbocycles. The number of rotatable bonds is 7. The molecule has 0 saturated carbocycles. The summed E-state index contributed by atoms with van der Waals surface area (Å²) in [6.07, 6.45) is -2.77. The molecule has 1 aromatic heterocycles. The number of nitrogen functional groups attached to an aromatic ring is 1. The van der Waals surface area contributed by atoms with E-state index in [4.69, 9.17) is 20.3 Å². The average molecular weight is 374 g/mol. The first-order valence-electron chi connectivity index (χ1n) is 8.00. The number of thioether (sulfide) groups is 1. The predicted molar refractivity (Wildman–Crippen MR) is 89.2 cm³/mol. The minimum absolute atomic E-state index is 0.0233. The summed E-state index contributed by atoms with van der Waals surface area (Å²) in [7, 11) is 0. The molecular weight excluding hydrogens is 352 g/mol. The normalized spacial score (nSPS) is 28.4. The van der Waals surface area contributed by atoms with Gasteiger partial charge in [-0.05, 0) is 12.8 Å². The maximum Gasteiger partial charge on any atom is 0.234 e. The molecule has 0 spiro atoms. The number of hydrogen-bond donors (Lipinski definition) is 5. The third-order valence-electron chi connectivity index (χ3n) is 4.07. The van der Waals surface area contributed by atoms with Crippen LogP contribution in [0, 0.1) is 0 Å². The van der Waals surface area contributed by atoms with Crippen LogP contribution in [0.3, 0.4) is 0 Å². The second-order valence-electron chi connectivity index (χ2n) is 5.79. The summed E-state index contributed by atoms with van der Waals surface area (Å²) in [5.74, 6) is 1.24. The highest BCUT2D eigenvalue weighted by Crippen LogP contribution is 2.45. The molecule has 2 aliphatic heterocycles. The zero-order valence-electron chi connectivity index (χ0n) is 13.5. The standard InChI is InChI=1S/C14H22N4O6S/c15-14-16-11-10(12(17-14)23-4-2-1-3-19)25-6-18(11)13-9(22)8(21)7(5-20)24-13/h7-9,13,19-22H,1-6H2,(H2,15,16,17)/t7-,8-,9-,13-/m1/s1. The molecule has 6 N–H and O–H groups in total. The van der Waals surface area contributed by atoms with Gasteiger partial charge in [-0.3, -0.25) is 0 Å². The van der Waals surface area contributed by atoms with Crippen molar-refractivity contribution < 1.29 is 29.9 Å². The fourth-order valence-corrected chi connectivity index (χ4v) is 3.82. The van der Waals surface area contributed by atoms with Crippen LogP contribution in [0.1, 0.15) is 12.8 Å². The summed E-state index contributed by atoms with van der Waals surface area (Å²) in [5.41, 5.74) is 5.77. The lowest BCUT2D eigenvalue weighted by molar-refractivity contribution is -0.0216. The number of nitrogens with zero attached hydrogens (tertiary/aromatic N) is 3. The van der Waals surface area contributed by atoms with Gasteiger partial charge in [0.2, 0.25) is 11.8 Å². The lowest BCUT2D eigenvalue weighted by atomic mass is 10.1. The van der Waals surface area contributed by atoms with Crippen LogP contribution in [-0.4, -0.2) is 80.6 Å². The summed E-state index contributed by atoms with van der Waals surface area (Å²) in [4.78, 5) is 10.7. The van der Waals surface area contributed by atoms with E-state index in [0.29, 0.717) is 41.9 Å². The number of fused-ring (bicyclic) bond motifs is 1. The lowest BCUT2D eigenvalue weighted by Crippen LogP contribution is -2.43. The monoisotopic (exact) mass is 374 g/mol. The molecule has 25 heavy (non-hydrogen) atoms. The van der Waals surface area contributed by atoms with Gasteiger partial charge in [0.15, 0.2) is 12.0 Å². The van der Waals surface area contributed by atoms with Gasteiger partial charge in [0, 0.05) is 6.61 Å². The molecular formula is C14H22N4O6S. The third kappa shape index (κ3) is 3.61. The number of hydrogen-bond acceptors (Lipinski definition) is 11. The van der Waals surface area contributed by atoms with Crippen LogP contribution in [0.2, 0.25) is 0 Å². The van der Waals surface area contributed by atoms with Crippen molar-refractivity contribution in [3.8, 4) is 5.88 Å². The number of aliphatic hydroxyl groups is 4. The second kappa shape index (κ2) is 7.89. The van der Waals surface area contributed by atoms with Gasteiger partial charge in [-0.2, -0.15) is 9.97 Å². The molecule has 3 heterocycles. The number of nitrogens with two attached hydrogens (primary N) is 1. The highest BCUT2D eigenvalue weighted by Gasteiger charge is 2.47. The van der Waals surface area contributed by atoms with Crippen LogP contribution in [0.5, 0.6) is 5.88 Å². The molecule has 4 atom stereocenters. The van der Waals surface area contributed by atoms with Gasteiger partial charge >= 0.3 is 0 Å². The van der Waals surface area contributed by atoms with E-state index >= 15 is 0 Å². The first-order valence-corrected chi connectivity index (χ1v) is 8.98. The highest BCUT2D eigenvalue weighted by molar-refractivity contribution is 8.00. The first kappa shape index (κ1) is 18.4. The molecule has 1 fully saturated rings. The lowest BCUT2D eigenvalue weighted by Gasteiger charge is -2.27. The number of aliphatic hydroxyl groups excluding tert-OH is 4. The van der Waals surface area contributed by atoms with E-state index in [9.17, 15) is 15.3 Å². The number of unbranched alkanes of at least 4 members (excludes halogenated alkanes) is 1. The Hall–Kier alpha value is -1.37. The highest BCUT2D eigenvalue weighted by atomic mass is 32.2. The maximum absolute atomic E-state index is 10.2. The van der Waals surface area contributed by atoms with Crippen LogP contribution in [0.25, 0.3) is 0 Å². The van der Waals surface area contributed by atoms with E-state index in [1.54, 1.807) is 4.90 Å². The number of aromatic nitrogens is 2. The zero-order chi connectivity index (χ0) is 18.0. The van der Waals surface area contributed by atoms with E-state index in [2.05, 4.69) is 9.97 Å². The molecule has 0 unspecified atom stereocenters. The molecule has 11 heteroatoms. The topological polar surface area (TPSA) is 154 Å². The van der Waals surface area contributed by atoms with Crippen molar-refractivity contribution >= 4 is 23.5 Å². The van der Waals surface area contributed by atoms with Crippen molar-refractivity contribution in [1.82, 2.24) is 9.97 Å². The third-order valence-corrected chi connectivity index (χ3v) is 5.12. The molecule has 140 valence electrons. The Balaban J connectivity index is 1.79. The fraction of sp³-hybridized carbons (Fsp3) is 0.714. The summed E-state index contributed by atoms with van der Waals surface area (Å²) in [6, 6.07) is 0. The maximum atomic E-state index is 10.2. The SMILES string of the molecule is Nc1nc(OCCCCO)c2c(n1)N([C@@H]1O[C@H](CO)[C@@H](O)[C@H]1O)CS2. The fourth-order valence-electron chi connectivity index (χ4n) is 2.76. The molecule has 0 radical (unpaired) electrons. The second-order valence-corrected chi connectivity index (χ2v) is 6.75. The van der Waals surface area contributed by atoms with Crippen molar-refractivity contribution in [3.63, 3.8) is 0 Å². The van der Waals surface area contributed by atoms with Crippen molar-refractivity contribution in [1.29, 1.82) is 0 Å². The van der Waals surface area contributed by atoms with Crippen LogP contribution >= 0.6 is 11.8 Å². The Morgan fingerprint density at radius 1 is 1.24 bits per heavy atom. The van der Waals surface area contributed by atoms with Gasteiger partial charge < -0.3 is 40.5 Å². The van der Waals surface area contributed by atoms with Crippen LogP contribution < -0.4 is 15.4 Å². The van der Waals surface area contributed by atoms with Crippen molar-refractivity contribution in [2.45, 2.75) is 42.3 Å². The van der Waals surface area contributed by atoms with Gasteiger partial charge in [0.1, 0.15) is 23.2 Å². The van der Waals surface area contributed by atoms with Crippen LogP contribution in [0.4, 0.5) is 11.8 Å². The molecule has 3 rings (SSSR count). The van der Waals surface area contributed by atoms with Crippen molar-refractivity contribution in [2.75, 3.05) is 36.3 Å². The van der Waals surface area contributed by atoms with E-state index in [1.165, 1.54) is 11.8 Å². The number of ether oxygens (including phenoxy) is 2. The van der Waals surface area contributed by atoms with E-state index in [-0.39, 0.29) is 12.6 Å². The summed E-state index contributed by atoms with van der Waals surface area (Å²) >= 11 is 1.41. The van der Waals surface area contributed by atoms with E-state index in [0.717, 1.165) is 0 Å². The molecule has 1 aromatic rings. The van der Waals surface area contributed by atoms with Crippen molar-refractivity contribution in [3.05, 3.63) is 0 Å². The van der Waals surface area contributed by atoms with Crippen molar-refractivity contribution in [2.24, 2.45) is 0 Å². The molecule has 2 aliphatic rings. The van der Waals surface area contributed by atoms with Gasteiger partial charge in [0.05, 0.1) is 19.1 Å². The zero-order valence-corrected chi connectivity index (χ0v) is 14.3.